The Bertz CT molecular complexity index is 509. The first-order chi connectivity index (χ1) is 12.2. The Morgan fingerprint density at radius 2 is 1.58 bits per heavy atom. The maximum atomic E-state index is 12.4. The number of rotatable bonds is 12. The van der Waals surface area contributed by atoms with Crippen LogP contribution in [0.4, 0.5) is 0 Å². The van der Waals surface area contributed by atoms with Gasteiger partial charge in [0.1, 0.15) is 18.1 Å². The van der Waals surface area contributed by atoms with Gasteiger partial charge in [0.15, 0.2) is 0 Å². The predicted molar refractivity (Wildman–Crippen MR) is 108 cm³/mol. The van der Waals surface area contributed by atoms with Crippen LogP contribution in [0.2, 0.25) is 0 Å². The first kappa shape index (κ1) is 24.9. The topological polar surface area (TPSA) is 151 Å². The summed E-state index contributed by atoms with van der Waals surface area (Å²) < 4.78 is 0. The summed E-state index contributed by atoms with van der Waals surface area (Å²) in [6, 6.07) is -3.87. The van der Waals surface area contributed by atoms with Crippen LogP contribution in [0.25, 0.3) is 0 Å². The van der Waals surface area contributed by atoms with Gasteiger partial charge in [-0.1, -0.05) is 0 Å². The highest BCUT2D eigenvalue weighted by molar-refractivity contribution is 7.98. The molecule has 12 heteroatoms. The van der Waals surface area contributed by atoms with Crippen molar-refractivity contribution in [1.29, 1.82) is 0 Å². The number of carboxylic acids is 1. The minimum absolute atomic E-state index is 0.0875. The van der Waals surface area contributed by atoms with E-state index in [-0.39, 0.29) is 11.5 Å². The highest BCUT2D eigenvalue weighted by atomic mass is 32.2. The Hall–Kier alpha value is -1.11. The fourth-order valence-electron chi connectivity index (χ4n) is 1.73. The third-order valence-corrected chi connectivity index (χ3v) is 4.73. The van der Waals surface area contributed by atoms with E-state index >= 15 is 0 Å². The van der Waals surface area contributed by atoms with Gasteiger partial charge in [0.2, 0.25) is 17.7 Å². The second-order valence-electron chi connectivity index (χ2n) is 5.44. The van der Waals surface area contributed by atoms with Gasteiger partial charge < -0.3 is 26.8 Å². The number of carbonyl (C=O) groups is 4. The molecule has 0 bridgehead atoms. The van der Waals surface area contributed by atoms with Crippen molar-refractivity contribution in [2.75, 3.05) is 23.5 Å². The van der Waals surface area contributed by atoms with Gasteiger partial charge in [0, 0.05) is 11.5 Å². The zero-order chi connectivity index (χ0) is 20.3. The number of thioether (sulfide) groups is 1. The van der Waals surface area contributed by atoms with Crippen LogP contribution < -0.4 is 21.7 Å². The summed E-state index contributed by atoms with van der Waals surface area (Å²) in [4.78, 5) is 47.3. The molecule has 0 aliphatic rings. The van der Waals surface area contributed by atoms with Crippen molar-refractivity contribution < 1.29 is 24.3 Å². The normalized spacial score (nSPS) is 15.3. The molecule has 0 radical (unpaired) electrons. The number of amides is 3. The lowest BCUT2D eigenvalue weighted by molar-refractivity contribution is -0.141. The van der Waals surface area contributed by atoms with Crippen molar-refractivity contribution in [1.82, 2.24) is 16.0 Å². The van der Waals surface area contributed by atoms with E-state index in [2.05, 4.69) is 41.2 Å². The predicted octanol–water partition coefficient (Wildman–Crippen LogP) is -1.51. The molecular formula is C14H26N4O5S3. The largest absolute Gasteiger partial charge is 0.480 e. The van der Waals surface area contributed by atoms with E-state index in [1.54, 1.807) is 0 Å². The third kappa shape index (κ3) is 9.01. The van der Waals surface area contributed by atoms with Gasteiger partial charge in [0.25, 0.3) is 0 Å². The summed E-state index contributed by atoms with van der Waals surface area (Å²) in [7, 11) is 0. The zero-order valence-electron chi connectivity index (χ0n) is 14.6. The molecule has 0 saturated heterocycles. The summed E-state index contributed by atoms with van der Waals surface area (Å²) in [5.41, 5.74) is 5.59. The molecule has 4 unspecified atom stereocenters. The number of hydrogen-bond acceptors (Lipinski definition) is 8. The molecule has 0 rings (SSSR count). The molecule has 26 heavy (non-hydrogen) atoms. The van der Waals surface area contributed by atoms with E-state index in [1.807, 2.05) is 6.26 Å². The molecule has 3 amide bonds. The van der Waals surface area contributed by atoms with Gasteiger partial charge in [-0.3, -0.25) is 14.4 Å². The maximum Gasteiger partial charge on any atom is 0.327 e. The average molecular weight is 427 g/mol. The molecular weight excluding hydrogens is 400 g/mol. The van der Waals surface area contributed by atoms with E-state index in [0.717, 1.165) is 0 Å². The molecule has 0 aromatic rings. The minimum atomic E-state index is -1.22. The number of carboxylic acid groups (broad SMARTS) is 1. The Morgan fingerprint density at radius 1 is 1.00 bits per heavy atom. The van der Waals surface area contributed by atoms with E-state index in [9.17, 15) is 19.2 Å². The number of thiol groups is 2. The summed E-state index contributed by atoms with van der Waals surface area (Å²) in [5.74, 6) is -2.31. The van der Waals surface area contributed by atoms with E-state index in [0.29, 0.717) is 12.2 Å². The second kappa shape index (κ2) is 13.1. The van der Waals surface area contributed by atoms with Gasteiger partial charge >= 0.3 is 5.97 Å². The fourth-order valence-corrected chi connectivity index (χ4v) is 2.61. The van der Waals surface area contributed by atoms with E-state index < -0.39 is 47.9 Å². The van der Waals surface area contributed by atoms with Crippen LogP contribution in [0.3, 0.4) is 0 Å². The number of aliphatic carboxylic acids is 1. The van der Waals surface area contributed by atoms with Crippen LogP contribution in [0, 0.1) is 0 Å². The van der Waals surface area contributed by atoms with Crippen LogP contribution in [0.5, 0.6) is 0 Å². The molecule has 0 aromatic carbocycles. The van der Waals surface area contributed by atoms with Gasteiger partial charge in [-0.05, 0) is 25.4 Å². The van der Waals surface area contributed by atoms with Crippen LogP contribution >= 0.6 is 37.0 Å². The van der Waals surface area contributed by atoms with Gasteiger partial charge in [-0.25, -0.2) is 4.79 Å². The molecule has 4 atom stereocenters. The van der Waals surface area contributed by atoms with Crippen molar-refractivity contribution in [3.05, 3.63) is 0 Å². The van der Waals surface area contributed by atoms with Crippen LogP contribution in [0.15, 0.2) is 0 Å². The molecule has 0 fully saturated rings. The van der Waals surface area contributed by atoms with Crippen molar-refractivity contribution in [3.63, 3.8) is 0 Å². The second-order valence-corrected chi connectivity index (χ2v) is 7.16. The van der Waals surface area contributed by atoms with Crippen molar-refractivity contribution in [2.24, 2.45) is 5.73 Å². The molecule has 0 saturated carbocycles. The average Bonchev–Trinajstić information content (AvgIpc) is 2.61. The molecule has 6 N–H and O–H groups in total. The Labute approximate surface area is 167 Å². The highest BCUT2D eigenvalue weighted by Gasteiger charge is 2.27. The number of carbonyl (C=O) groups excluding carboxylic acids is 3. The standard InChI is InChI=1S/C14H26N4O5S3/c1-7(11(19)18-10(6-25)14(22)23)16-13(21)9(3-4-26-2)17-12(20)8(15)5-24/h7-10,24-25H,3-6,15H2,1-2H3,(H,16,21)(H,17,20)(H,18,19)(H,22,23). The molecule has 150 valence electrons. The third-order valence-electron chi connectivity index (χ3n) is 3.33. The van der Waals surface area contributed by atoms with Crippen molar-refractivity contribution in [2.45, 2.75) is 37.5 Å². The van der Waals surface area contributed by atoms with E-state index in [1.165, 1.54) is 18.7 Å². The van der Waals surface area contributed by atoms with Crippen LogP contribution in [0.1, 0.15) is 13.3 Å². The van der Waals surface area contributed by atoms with E-state index in [4.69, 9.17) is 10.8 Å². The summed E-state index contributed by atoms with van der Waals surface area (Å²) >= 11 is 9.29. The summed E-state index contributed by atoms with van der Waals surface area (Å²) in [6.45, 7) is 1.41. The van der Waals surface area contributed by atoms with Crippen LogP contribution in [-0.4, -0.2) is 76.5 Å². The van der Waals surface area contributed by atoms with Crippen molar-refractivity contribution >= 4 is 60.7 Å². The smallest absolute Gasteiger partial charge is 0.327 e. The Kier molecular flexibility index (Phi) is 12.6. The van der Waals surface area contributed by atoms with Gasteiger partial charge in [0.05, 0.1) is 6.04 Å². The lowest BCUT2D eigenvalue weighted by atomic mass is 10.1. The Balaban J connectivity index is 4.86. The summed E-state index contributed by atoms with van der Waals surface area (Å²) in [6.07, 6.45) is 2.20. The molecule has 0 heterocycles. The van der Waals surface area contributed by atoms with Gasteiger partial charge in [-0.15, -0.1) is 0 Å². The lowest BCUT2D eigenvalue weighted by Crippen LogP contribution is -2.56. The molecule has 0 aliphatic heterocycles. The SMILES string of the molecule is CSCCC(NC(=O)C(N)CS)C(=O)NC(C)C(=O)NC(CS)C(=O)O. The zero-order valence-corrected chi connectivity index (χ0v) is 17.2. The maximum absolute atomic E-state index is 12.4. The van der Waals surface area contributed by atoms with Crippen LogP contribution in [-0.2, 0) is 19.2 Å². The Morgan fingerprint density at radius 3 is 2.04 bits per heavy atom. The lowest BCUT2D eigenvalue weighted by Gasteiger charge is -2.23. The molecule has 0 spiro atoms. The number of nitrogens with one attached hydrogen (secondary N) is 3. The number of hydrogen-bond donors (Lipinski definition) is 7. The molecule has 9 nitrogen and oxygen atoms in total. The molecule has 0 aliphatic carbocycles. The monoisotopic (exact) mass is 426 g/mol. The first-order valence-electron chi connectivity index (χ1n) is 7.78. The quantitative estimate of drug-likeness (QED) is 0.187. The highest BCUT2D eigenvalue weighted by Crippen LogP contribution is 2.03. The van der Waals surface area contributed by atoms with Crippen molar-refractivity contribution in [3.8, 4) is 0 Å². The number of nitrogens with two attached hydrogens (primary N) is 1. The fraction of sp³-hybridized carbons (Fsp3) is 0.714. The van der Waals surface area contributed by atoms with Gasteiger partial charge in [-0.2, -0.15) is 37.0 Å². The summed E-state index contributed by atoms with van der Waals surface area (Å²) in [5, 5.41) is 16.2. The molecule has 0 aromatic heterocycles. The first-order valence-corrected chi connectivity index (χ1v) is 10.4. The minimum Gasteiger partial charge on any atom is -0.480 e.